The quantitative estimate of drug-likeness (QED) is 0.0909. The van der Waals surface area contributed by atoms with E-state index in [4.69, 9.17) is 11.5 Å². The van der Waals surface area contributed by atoms with E-state index in [1.54, 1.807) is 19.1 Å². The molecule has 44 heavy (non-hydrogen) atoms. The van der Waals surface area contributed by atoms with Crippen LogP contribution in [0.2, 0.25) is 0 Å². The van der Waals surface area contributed by atoms with Crippen molar-refractivity contribution in [2.75, 3.05) is 5.32 Å². The van der Waals surface area contributed by atoms with Gasteiger partial charge in [0.1, 0.15) is 16.6 Å². The van der Waals surface area contributed by atoms with Crippen LogP contribution in [-0.4, -0.2) is 38.9 Å². The number of allylic oxidation sites excluding steroid dienone is 5. The molecular formula is C33H47N7O3S. The van der Waals surface area contributed by atoms with Crippen LogP contribution in [0.1, 0.15) is 70.4 Å². The van der Waals surface area contributed by atoms with Crippen LogP contribution in [0.5, 0.6) is 0 Å². The van der Waals surface area contributed by atoms with Crippen molar-refractivity contribution >= 4 is 28.3 Å². The summed E-state index contributed by atoms with van der Waals surface area (Å²) in [4.78, 5) is 24.6. The third-order valence-electron chi connectivity index (χ3n) is 7.17. The van der Waals surface area contributed by atoms with Gasteiger partial charge in [-0.05, 0) is 62.8 Å². The zero-order valence-corrected chi connectivity index (χ0v) is 27.0. The van der Waals surface area contributed by atoms with Crippen LogP contribution in [0.3, 0.4) is 0 Å². The summed E-state index contributed by atoms with van der Waals surface area (Å²) in [7, 11) is 0. The molecule has 0 bridgehead atoms. The Morgan fingerprint density at radius 2 is 1.89 bits per heavy atom. The number of unbranched alkanes of at least 4 members (excludes halogenated alkanes) is 1. The summed E-state index contributed by atoms with van der Waals surface area (Å²) in [6, 6.07) is 9.78. The van der Waals surface area contributed by atoms with E-state index in [0.29, 0.717) is 23.7 Å². The number of carbonyl (C=O) groups is 2. The number of hydrogen-bond acceptors (Lipinski definition) is 9. The minimum absolute atomic E-state index is 0.0218. The van der Waals surface area contributed by atoms with Gasteiger partial charge >= 0.3 is 0 Å². The Morgan fingerprint density at radius 3 is 2.61 bits per heavy atom. The number of aryl methyl sites for hydroxylation is 1. The number of nitrogens with zero attached hydrogens (tertiary/aromatic N) is 2. The van der Waals surface area contributed by atoms with E-state index >= 15 is 0 Å². The number of amides is 2. The second kappa shape index (κ2) is 16.8. The highest BCUT2D eigenvalue weighted by Gasteiger charge is 2.23. The molecule has 3 atom stereocenters. The Kier molecular flexibility index (Phi) is 13.2. The third kappa shape index (κ3) is 12.3. The minimum atomic E-state index is -1.13. The number of nitrogens with one attached hydrogen (secondary N) is 3. The molecule has 0 aliphatic heterocycles. The minimum Gasteiger partial charge on any atom is -0.402 e. The Hall–Kier alpha value is -3.96. The Labute approximate surface area is 264 Å². The first-order chi connectivity index (χ1) is 20.9. The predicted octanol–water partition coefficient (Wildman–Crippen LogP) is 4.43. The van der Waals surface area contributed by atoms with E-state index in [2.05, 4.69) is 32.2 Å². The van der Waals surface area contributed by atoms with Crippen LogP contribution in [0.15, 0.2) is 77.8 Å². The van der Waals surface area contributed by atoms with Crippen molar-refractivity contribution in [2.24, 2.45) is 23.3 Å². The first-order valence-electron chi connectivity index (χ1n) is 15.2. The molecule has 0 fully saturated rings. The molecule has 1 aromatic heterocycles. The first kappa shape index (κ1) is 34.5. The maximum atomic E-state index is 12.6. The molecule has 0 spiro atoms. The highest BCUT2D eigenvalue weighted by Crippen LogP contribution is 2.24. The van der Waals surface area contributed by atoms with Crippen molar-refractivity contribution in [1.82, 2.24) is 20.8 Å². The maximum Gasteiger partial charge on any atom is 0.229 e. The van der Waals surface area contributed by atoms with E-state index in [1.165, 1.54) is 11.3 Å². The molecule has 3 rings (SSSR count). The van der Waals surface area contributed by atoms with Crippen LogP contribution in [-0.2, 0) is 22.4 Å². The number of anilines is 1. The number of benzene rings is 1. The highest BCUT2D eigenvalue weighted by molar-refractivity contribution is 7.15. The second-order valence-electron chi connectivity index (χ2n) is 11.9. The van der Waals surface area contributed by atoms with Gasteiger partial charge in [0.2, 0.25) is 16.9 Å². The van der Waals surface area contributed by atoms with E-state index in [9.17, 15) is 14.7 Å². The molecule has 1 aliphatic carbocycles. The highest BCUT2D eigenvalue weighted by atomic mass is 32.1. The lowest BCUT2D eigenvalue weighted by Gasteiger charge is -2.25. The third-order valence-corrected chi connectivity index (χ3v) is 8.07. The first-order valence-corrected chi connectivity index (χ1v) is 16.0. The van der Waals surface area contributed by atoms with Crippen molar-refractivity contribution in [1.29, 1.82) is 0 Å². The fraction of sp³-hybridized carbons (Fsp3) is 0.455. The molecule has 238 valence electrons. The van der Waals surface area contributed by atoms with E-state index < -0.39 is 5.72 Å². The zero-order chi connectivity index (χ0) is 32.1. The lowest BCUT2D eigenvalue weighted by Crippen LogP contribution is -2.40. The SMILES string of the molecule is CC(C)C(=O)NC(C)C1C=C(CC(=O)N/C(N)=C/C=C(\N)CCCCc2nnc(NC(C)(O)Cc3ccccc3)s2)C=CC1. The molecule has 10 nitrogen and oxygen atoms in total. The van der Waals surface area contributed by atoms with E-state index in [-0.39, 0.29) is 41.9 Å². The summed E-state index contributed by atoms with van der Waals surface area (Å²) < 4.78 is 0. The molecular weight excluding hydrogens is 574 g/mol. The summed E-state index contributed by atoms with van der Waals surface area (Å²) in [6.45, 7) is 7.45. The number of aliphatic hydroxyl groups is 1. The molecule has 0 saturated carbocycles. The fourth-order valence-corrected chi connectivity index (χ4v) is 5.63. The van der Waals surface area contributed by atoms with Gasteiger partial charge in [-0.1, -0.05) is 73.7 Å². The van der Waals surface area contributed by atoms with Crippen LogP contribution >= 0.6 is 11.3 Å². The Balaban J connectivity index is 1.37. The Morgan fingerprint density at radius 1 is 1.14 bits per heavy atom. The Bertz CT molecular complexity index is 1360. The summed E-state index contributed by atoms with van der Waals surface area (Å²) in [5, 5.41) is 29.5. The van der Waals surface area contributed by atoms with Crippen LogP contribution < -0.4 is 27.4 Å². The average molecular weight is 622 g/mol. The van der Waals surface area contributed by atoms with Gasteiger partial charge in [0.25, 0.3) is 0 Å². The molecule has 0 radical (unpaired) electrons. The predicted molar refractivity (Wildman–Crippen MR) is 177 cm³/mol. The van der Waals surface area contributed by atoms with Gasteiger partial charge in [0, 0.05) is 36.4 Å². The number of hydrogen-bond donors (Lipinski definition) is 6. The molecule has 1 aliphatic rings. The molecule has 8 N–H and O–H groups in total. The monoisotopic (exact) mass is 621 g/mol. The number of nitrogens with two attached hydrogens (primary N) is 2. The molecule has 11 heteroatoms. The standard InChI is InChI=1S/C33H47N7O3S/c1-22(2)31(42)36-23(3)26-14-10-13-25(19-26)20-29(41)37-28(35)18-17-27(34)15-8-9-16-30-39-40-32(44-30)38-33(4,43)21-24-11-6-5-7-12-24/h5-7,10-13,17-19,22-23,26,43H,8-9,14-16,20-21,34-35H2,1-4H3,(H,36,42)(H,37,41)(H,38,40)/b27-17-,28-18+. The van der Waals surface area contributed by atoms with Crippen molar-refractivity contribution in [2.45, 2.75) is 84.4 Å². The molecule has 2 aromatic rings. The van der Waals surface area contributed by atoms with Gasteiger partial charge < -0.3 is 32.5 Å². The lowest BCUT2D eigenvalue weighted by atomic mass is 9.89. The molecule has 0 saturated heterocycles. The van der Waals surface area contributed by atoms with Gasteiger partial charge in [0.05, 0.1) is 6.42 Å². The summed E-state index contributed by atoms with van der Waals surface area (Å²) in [6.07, 6.45) is 14.0. The van der Waals surface area contributed by atoms with Gasteiger partial charge in [-0.2, -0.15) is 0 Å². The normalized spacial score (nSPS) is 17.5. The summed E-state index contributed by atoms with van der Waals surface area (Å²) in [5.74, 6) is 0.0954. The summed E-state index contributed by atoms with van der Waals surface area (Å²) >= 11 is 1.44. The second-order valence-corrected chi connectivity index (χ2v) is 12.9. The molecule has 1 aromatic carbocycles. The maximum absolute atomic E-state index is 12.6. The van der Waals surface area contributed by atoms with Gasteiger partial charge in [0.15, 0.2) is 0 Å². The lowest BCUT2D eigenvalue weighted by molar-refractivity contribution is -0.125. The van der Waals surface area contributed by atoms with Crippen molar-refractivity contribution in [3.8, 4) is 0 Å². The average Bonchev–Trinajstić information content (AvgIpc) is 3.40. The van der Waals surface area contributed by atoms with Gasteiger partial charge in [-0.25, -0.2) is 0 Å². The van der Waals surface area contributed by atoms with E-state index in [1.807, 2.05) is 63.3 Å². The zero-order valence-electron chi connectivity index (χ0n) is 26.2. The molecule has 2 amide bonds. The van der Waals surface area contributed by atoms with Crippen molar-refractivity contribution < 1.29 is 14.7 Å². The number of rotatable bonds is 16. The largest absolute Gasteiger partial charge is 0.402 e. The van der Waals surface area contributed by atoms with Crippen LogP contribution in [0.4, 0.5) is 5.13 Å². The molecule has 1 heterocycles. The summed E-state index contributed by atoms with van der Waals surface area (Å²) in [5.41, 5.74) is 13.6. The number of carbonyl (C=O) groups excluding carboxylic acids is 2. The van der Waals surface area contributed by atoms with Gasteiger partial charge in [-0.15, -0.1) is 10.2 Å². The fourth-order valence-electron chi connectivity index (χ4n) is 4.73. The topological polar surface area (TPSA) is 168 Å². The van der Waals surface area contributed by atoms with E-state index in [0.717, 1.165) is 41.8 Å². The van der Waals surface area contributed by atoms with Gasteiger partial charge in [-0.3, -0.25) is 9.59 Å². The molecule has 3 unspecified atom stereocenters. The van der Waals surface area contributed by atoms with Crippen molar-refractivity contribution in [3.05, 3.63) is 88.4 Å². The smallest absolute Gasteiger partial charge is 0.229 e. The van der Waals surface area contributed by atoms with Crippen molar-refractivity contribution in [3.63, 3.8) is 0 Å². The number of aromatic nitrogens is 2. The van der Waals surface area contributed by atoms with Crippen LogP contribution in [0.25, 0.3) is 0 Å². The van der Waals surface area contributed by atoms with Crippen LogP contribution in [0, 0.1) is 11.8 Å².